The van der Waals surface area contributed by atoms with Crippen molar-refractivity contribution in [2.45, 2.75) is 187 Å². The van der Waals surface area contributed by atoms with Crippen LogP contribution in [-0.4, -0.2) is 172 Å². The number of primary amides is 1. The van der Waals surface area contributed by atoms with E-state index >= 15 is 0 Å². The molecule has 20 N–H and O–H groups in total. The molecule has 2 rings (SSSR count). The van der Waals surface area contributed by atoms with Gasteiger partial charge in [0.1, 0.15) is 12.1 Å². The predicted octanol–water partition coefficient (Wildman–Crippen LogP) is 1.12. The lowest BCUT2D eigenvalue weighted by Gasteiger charge is -2.27. The molecule has 0 aliphatic rings. The zero-order valence-electron chi connectivity index (χ0n) is 56.1. The summed E-state index contributed by atoms with van der Waals surface area (Å²) >= 11 is 1.31. The van der Waals surface area contributed by atoms with Crippen molar-refractivity contribution in [2.75, 3.05) is 38.2 Å². The van der Waals surface area contributed by atoms with Crippen molar-refractivity contribution >= 4 is 105 Å². The lowest BCUT2D eigenvalue weighted by molar-refractivity contribution is -0.143. The van der Waals surface area contributed by atoms with Crippen molar-refractivity contribution < 1.29 is 72.9 Å². The van der Waals surface area contributed by atoms with E-state index in [1.807, 2.05) is 64.1 Å². The highest BCUT2D eigenvalue weighted by Gasteiger charge is 2.38. The number of ketones is 5. The molecule has 2 aromatic rings. The molecule has 29 heteroatoms. The lowest BCUT2D eigenvalue weighted by atomic mass is 9.87. The number of carbonyl (C=O) groups is 12. The highest BCUT2D eigenvalue weighted by Crippen LogP contribution is 2.25. The van der Waals surface area contributed by atoms with E-state index in [-0.39, 0.29) is 114 Å². The van der Waals surface area contributed by atoms with E-state index in [1.165, 1.54) is 25.6 Å². The summed E-state index contributed by atoms with van der Waals surface area (Å²) in [6.45, 7) is 9.33. The van der Waals surface area contributed by atoms with Crippen LogP contribution in [0.5, 0.6) is 0 Å². The van der Waals surface area contributed by atoms with Crippen LogP contribution in [0.25, 0.3) is 10.8 Å². The summed E-state index contributed by atoms with van der Waals surface area (Å²) < 4.78 is 0. The largest absolute Gasteiger partial charge is 0.481 e. The van der Waals surface area contributed by atoms with E-state index in [0.717, 1.165) is 10.8 Å². The number of rotatable bonds is 50. The van der Waals surface area contributed by atoms with Gasteiger partial charge in [0.05, 0.1) is 43.2 Å². The molecule has 0 radical (unpaired) electrons. The number of unbranched alkanes of at least 4 members (excludes halogenated alkanes) is 1. The number of hydrogen-bond acceptors (Lipinski definition) is 18. The van der Waals surface area contributed by atoms with E-state index in [4.69, 9.17) is 34.4 Å². The van der Waals surface area contributed by atoms with Crippen LogP contribution in [0, 0.1) is 41.4 Å². The van der Waals surface area contributed by atoms with Crippen LogP contribution in [0.4, 0.5) is 0 Å². The summed E-state index contributed by atoms with van der Waals surface area (Å²) in [5.41, 5.74) is 34.3. The molecule has 0 aliphatic heterocycles. The fraction of sp³-hybridized carbons (Fsp3) is 0.636. The van der Waals surface area contributed by atoms with Gasteiger partial charge in [-0.05, 0) is 124 Å². The summed E-state index contributed by atoms with van der Waals surface area (Å²) in [6.07, 6.45) is -1.84. The first-order chi connectivity index (χ1) is 44.8. The minimum Gasteiger partial charge on any atom is -0.481 e. The number of carboxylic acid groups (broad SMARTS) is 1. The maximum Gasteiger partial charge on any atom is 0.304 e. The second-order valence-electron chi connectivity index (χ2n) is 25.3. The van der Waals surface area contributed by atoms with E-state index in [1.54, 1.807) is 12.3 Å². The molecule has 0 spiro atoms. The van der Waals surface area contributed by atoms with Crippen molar-refractivity contribution in [2.24, 2.45) is 85.8 Å². The van der Waals surface area contributed by atoms with E-state index in [2.05, 4.69) is 36.6 Å². The number of hydrogen-bond donors (Lipinski definition) is 14. The zero-order chi connectivity index (χ0) is 71.5. The summed E-state index contributed by atoms with van der Waals surface area (Å²) in [6, 6.07) is 6.11. The van der Waals surface area contributed by atoms with Crippen LogP contribution in [0.15, 0.2) is 52.4 Å². The fourth-order valence-electron chi connectivity index (χ4n) is 11.1. The molecule has 0 aromatic heterocycles. The van der Waals surface area contributed by atoms with Crippen molar-refractivity contribution in [1.82, 2.24) is 26.6 Å². The molecule has 0 heterocycles. The fourth-order valence-corrected chi connectivity index (χ4v) is 11.6. The first-order valence-electron chi connectivity index (χ1n) is 32.5. The van der Waals surface area contributed by atoms with Crippen molar-refractivity contribution in [3.05, 3.63) is 48.0 Å². The number of guanidine groups is 2. The van der Waals surface area contributed by atoms with Gasteiger partial charge in [0, 0.05) is 75.8 Å². The lowest BCUT2D eigenvalue weighted by Crippen LogP contribution is -2.52. The topological polar surface area (TPSA) is 507 Å². The number of thioether (sulfide) groups is 1. The van der Waals surface area contributed by atoms with Crippen molar-refractivity contribution in [3.8, 4) is 0 Å². The molecule has 0 fully saturated rings. The number of Topliss-reactive ketones (excluding diaryl/α,β-unsaturated/α-hetero) is 5. The summed E-state index contributed by atoms with van der Waals surface area (Å²) in [5.74, 6) is -15.7. The Bertz CT molecular complexity index is 2950. The standard InChI is InChI=1S/C66H105N13O15S/c1-37(2)26-46(60(68)90)32-53(83)50(18-13-24-74-66(71)72)77-63(93)47(29-41-19-20-42-14-8-9-15-43(42)28-41)33-54(84)49(17-10-11-22-67)76-64(94)48(35-58(88)89)34-57(87)59(39(5)81)79-62(92)45(21-25-95-7)31-56(86)52(36-80)78-61(91)44(16-12-23-73-65(69)70)30-55(85)51(27-38(3)4)75-40(6)82/h8-9,14-15,19-20,28,37-39,44-52,59,80-81H,10-13,16-18,21-27,29-36,67H2,1-7H3,(H2,68,90)(H,75,82)(H,76,94)(H,77,93)(H,78,91)(H,79,92)(H,88,89)(H4,69,70,73)(H4,71,72,74)/t39-,44-,45-,46-,47-,48+,49+,50+,51+,52+,59+/m1/s1. The normalized spacial score (nSPS) is 14.8. The van der Waals surface area contributed by atoms with Crippen LogP contribution in [0.2, 0.25) is 0 Å². The molecule has 0 saturated carbocycles. The van der Waals surface area contributed by atoms with E-state index < -0.39 is 169 Å². The van der Waals surface area contributed by atoms with Gasteiger partial charge in [0.2, 0.25) is 35.4 Å². The number of aliphatic hydroxyl groups is 2. The average Bonchev–Trinajstić information content (AvgIpc) is 1.21. The van der Waals surface area contributed by atoms with Gasteiger partial charge in [-0.3, -0.25) is 67.5 Å². The minimum absolute atomic E-state index is 0.000898. The van der Waals surface area contributed by atoms with Gasteiger partial charge < -0.3 is 76.3 Å². The molecule has 11 atom stereocenters. The summed E-state index contributed by atoms with van der Waals surface area (Å²) in [4.78, 5) is 173. The first-order valence-corrected chi connectivity index (χ1v) is 33.9. The molecule has 95 heavy (non-hydrogen) atoms. The minimum atomic E-state index is -1.78. The van der Waals surface area contributed by atoms with Crippen LogP contribution in [-0.2, 0) is 64.0 Å². The van der Waals surface area contributed by atoms with Crippen LogP contribution >= 0.6 is 11.8 Å². The summed E-state index contributed by atoms with van der Waals surface area (Å²) in [5, 5.41) is 46.4. The van der Waals surface area contributed by atoms with Crippen LogP contribution in [0.1, 0.15) is 150 Å². The Hall–Kier alpha value is -7.89. The van der Waals surface area contributed by atoms with Gasteiger partial charge >= 0.3 is 5.97 Å². The number of aliphatic hydroxyl groups excluding tert-OH is 2. The Labute approximate surface area is 561 Å². The Morgan fingerprint density at radius 1 is 0.516 bits per heavy atom. The molecule has 28 nitrogen and oxygen atoms in total. The van der Waals surface area contributed by atoms with Gasteiger partial charge in [0.25, 0.3) is 0 Å². The molecule has 0 unspecified atom stereocenters. The smallest absolute Gasteiger partial charge is 0.304 e. The molecular formula is C66H105N13O15S. The third-order valence-electron chi connectivity index (χ3n) is 16.1. The second kappa shape index (κ2) is 44.0. The number of carbonyl (C=O) groups excluding carboxylic acids is 11. The third-order valence-corrected chi connectivity index (χ3v) is 16.7. The molecule has 0 bridgehead atoms. The molecular weight excluding hydrogens is 1250 g/mol. The Morgan fingerprint density at radius 3 is 1.51 bits per heavy atom. The van der Waals surface area contributed by atoms with Crippen molar-refractivity contribution in [3.63, 3.8) is 0 Å². The zero-order valence-corrected chi connectivity index (χ0v) is 56.9. The monoisotopic (exact) mass is 1350 g/mol. The second-order valence-corrected chi connectivity index (χ2v) is 26.3. The highest BCUT2D eigenvalue weighted by molar-refractivity contribution is 7.98. The van der Waals surface area contributed by atoms with Gasteiger partial charge in [-0.25, -0.2) is 0 Å². The maximum atomic E-state index is 14.8. The number of nitrogens with one attached hydrogen (secondary N) is 5. The van der Waals surface area contributed by atoms with E-state index in [0.29, 0.717) is 24.2 Å². The van der Waals surface area contributed by atoms with Crippen LogP contribution < -0.4 is 61.0 Å². The number of nitrogens with two attached hydrogens (primary N) is 6. The third kappa shape index (κ3) is 32.4. The number of benzene rings is 2. The summed E-state index contributed by atoms with van der Waals surface area (Å²) in [7, 11) is 0. The van der Waals surface area contributed by atoms with Crippen molar-refractivity contribution in [1.29, 1.82) is 0 Å². The Kier molecular flexibility index (Phi) is 38.5. The van der Waals surface area contributed by atoms with Crippen LogP contribution in [0.3, 0.4) is 0 Å². The van der Waals surface area contributed by atoms with Gasteiger partial charge in [-0.15, -0.1) is 0 Å². The first kappa shape index (κ1) is 83.2. The number of aliphatic imine (C=N–C) groups is 2. The Morgan fingerprint density at radius 2 is 0.989 bits per heavy atom. The number of aliphatic carboxylic acids is 1. The van der Waals surface area contributed by atoms with Gasteiger partial charge in [-0.2, -0.15) is 11.8 Å². The van der Waals surface area contributed by atoms with Gasteiger partial charge in [-0.1, -0.05) is 70.2 Å². The number of amides is 6. The Balaban J connectivity index is 2.53. The number of fused-ring (bicyclic) bond motifs is 1. The molecule has 530 valence electrons. The predicted molar refractivity (Wildman–Crippen MR) is 363 cm³/mol. The van der Waals surface area contributed by atoms with E-state index in [9.17, 15) is 72.9 Å². The number of nitrogens with zero attached hydrogens (tertiary/aromatic N) is 2. The molecule has 2 aromatic carbocycles. The van der Waals surface area contributed by atoms with Gasteiger partial charge in [0.15, 0.2) is 40.8 Å². The average molecular weight is 1350 g/mol. The SMILES string of the molecule is CSCC[C@H](CC(=O)[C@H](CO)NC(=O)[C@H](CCCN=C(N)N)CC(=O)[C@H](CC(C)C)NC(C)=O)C(=O)N[C@H](C(=O)C[C@@H](CC(=O)O)C(=O)N[C@@H](CCCCN)C(=O)C[C@@H](Cc1ccc2ccccc2c1)C(=O)N[C@@H](CCCN=C(N)N)C(=O)C[C@@H](CC(C)C)C(N)=O)[C@@H](C)O. The molecule has 6 amide bonds. The highest BCUT2D eigenvalue weighted by atomic mass is 32.2. The molecule has 0 saturated heterocycles. The maximum absolute atomic E-state index is 14.8. The number of carboxylic acids is 1. The quantitative estimate of drug-likeness (QED) is 0.0251. The molecule has 0 aliphatic carbocycles.